The van der Waals surface area contributed by atoms with Gasteiger partial charge in [-0.25, -0.2) is 8.42 Å². The minimum Gasteiger partial charge on any atom is -0.321 e. The van der Waals surface area contributed by atoms with Crippen molar-refractivity contribution in [2.24, 2.45) is 0 Å². The lowest BCUT2D eigenvalue weighted by Gasteiger charge is -2.26. The van der Waals surface area contributed by atoms with E-state index < -0.39 is 10.0 Å². The van der Waals surface area contributed by atoms with Gasteiger partial charge in [0.25, 0.3) is 5.91 Å². The maximum absolute atomic E-state index is 12.7. The van der Waals surface area contributed by atoms with Gasteiger partial charge < -0.3 is 5.32 Å². The average molecular weight is 380 g/mol. The minimum absolute atomic E-state index is 0.199. The Balaban J connectivity index is 1.80. The van der Waals surface area contributed by atoms with E-state index in [1.165, 1.54) is 10.4 Å². The molecule has 1 fully saturated rings. The summed E-state index contributed by atoms with van der Waals surface area (Å²) in [5.41, 5.74) is 1.08. The number of carbonyl (C=O) groups excluding carboxylic acids is 1. The van der Waals surface area contributed by atoms with Crippen LogP contribution in [0.5, 0.6) is 0 Å². The van der Waals surface area contributed by atoms with Crippen LogP contribution < -0.4 is 5.32 Å². The number of aromatic nitrogens is 2. The van der Waals surface area contributed by atoms with Gasteiger partial charge in [0.2, 0.25) is 10.0 Å². The fraction of sp³-hybridized carbons (Fsp3) is 0.438. The van der Waals surface area contributed by atoms with Crippen molar-refractivity contribution in [3.63, 3.8) is 0 Å². The largest absolute Gasteiger partial charge is 0.321 e. The minimum atomic E-state index is -3.53. The van der Waals surface area contributed by atoms with E-state index in [4.69, 9.17) is 0 Å². The van der Waals surface area contributed by atoms with Gasteiger partial charge in [-0.1, -0.05) is 23.9 Å². The number of benzene rings is 1. The Hall–Kier alpha value is -1.84. The Morgan fingerprint density at radius 2 is 2.04 bits per heavy atom. The first-order chi connectivity index (χ1) is 12.0. The molecule has 1 aliphatic heterocycles. The van der Waals surface area contributed by atoms with Gasteiger partial charge in [-0.2, -0.15) is 4.31 Å². The summed E-state index contributed by atoms with van der Waals surface area (Å²) >= 11 is 1.03. The molecule has 0 bridgehead atoms. The molecule has 1 saturated heterocycles. The second kappa shape index (κ2) is 7.59. The van der Waals surface area contributed by atoms with Crippen molar-refractivity contribution in [3.8, 4) is 0 Å². The lowest BCUT2D eigenvalue weighted by Crippen LogP contribution is -2.35. The number of piperidine rings is 1. The van der Waals surface area contributed by atoms with Crippen molar-refractivity contribution in [2.75, 3.05) is 18.4 Å². The molecule has 0 unspecified atom stereocenters. The van der Waals surface area contributed by atoms with Crippen LogP contribution in [0.1, 0.15) is 41.6 Å². The number of hydrogen-bond acceptors (Lipinski definition) is 6. The molecule has 1 N–H and O–H groups in total. The molecule has 0 atom stereocenters. The Kier molecular flexibility index (Phi) is 5.45. The molecule has 0 saturated carbocycles. The van der Waals surface area contributed by atoms with Gasteiger partial charge in [-0.3, -0.25) is 4.79 Å². The third kappa shape index (κ3) is 3.88. The molecule has 9 heteroatoms. The molecule has 1 aromatic heterocycles. The normalized spacial score (nSPS) is 15.9. The maximum Gasteiger partial charge on any atom is 0.269 e. The number of hydrogen-bond donors (Lipinski definition) is 1. The first-order valence-corrected chi connectivity index (χ1v) is 10.5. The number of carbonyl (C=O) groups is 1. The van der Waals surface area contributed by atoms with Crippen molar-refractivity contribution >= 4 is 33.2 Å². The van der Waals surface area contributed by atoms with E-state index in [1.54, 1.807) is 18.2 Å². The van der Waals surface area contributed by atoms with E-state index in [9.17, 15) is 13.2 Å². The molecule has 0 radical (unpaired) electrons. The van der Waals surface area contributed by atoms with Crippen LogP contribution in [0.3, 0.4) is 0 Å². The standard InChI is InChI=1S/C16H20N4O3S2/c1-2-14-15(24-19-18-14)16(21)17-12-7-6-8-13(11-12)25(22,23)20-9-4-3-5-10-20/h6-8,11H,2-5,9-10H2,1H3,(H,17,21). The predicted octanol–water partition coefficient (Wildman–Crippen LogP) is 2.53. The quantitative estimate of drug-likeness (QED) is 0.860. The molecule has 25 heavy (non-hydrogen) atoms. The highest BCUT2D eigenvalue weighted by atomic mass is 32.2. The fourth-order valence-electron chi connectivity index (χ4n) is 2.79. The number of amides is 1. The first-order valence-electron chi connectivity index (χ1n) is 8.25. The van der Waals surface area contributed by atoms with Crippen LogP contribution in [0.15, 0.2) is 29.2 Å². The van der Waals surface area contributed by atoms with Gasteiger partial charge in [-0.15, -0.1) is 5.10 Å². The topological polar surface area (TPSA) is 92.3 Å². The zero-order valence-corrected chi connectivity index (χ0v) is 15.6. The molecule has 7 nitrogen and oxygen atoms in total. The molecule has 1 aliphatic rings. The third-order valence-electron chi connectivity index (χ3n) is 4.14. The molecule has 0 aliphatic carbocycles. The van der Waals surface area contributed by atoms with E-state index in [0.29, 0.717) is 35.8 Å². The van der Waals surface area contributed by atoms with Crippen molar-refractivity contribution in [1.29, 1.82) is 0 Å². The molecule has 1 aromatic carbocycles. The first kappa shape index (κ1) is 18.0. The summed E-state index contributed by atoms with van der Waals surface area (Å²) in [5, 5.41) is 6.66. The summed E-state index contributed by atoms with van der Waals surface area (Å²) in [6, 6.07) is 6.37. The van der Waals surface area contributed by atoms with Crippen LogP contribution in [-0.4, -0.2) is 41.3 Å². The Bertz CT molecular complexity index is 858. The van der Waals surface area contributed by atoms with E-state index in [1.807, 2.05) is 6.92 Å². The zero-order valence-electron chi connectivity index (χ0n) is 13.9. The number of rotatable bonds is 5. The lowest BCUT2D eigenvalue weighted by atomic mass is 10.2. The molecule has 0 spiro atoms. The second-order valence-electron chi connectivity index (χ2n) is 5.85. The zero-order chi connectivity index (χ0) is 17.9. The average Bonchev–Trinajstić information content (AvgIpc) is 3.11. The van der Waals surface area contributed by atoms with Gasteiger partial charge in [-0.05, 0) is 49.0 Å². The van der Waals surface area contributed by atoms with Gasteiger partial charge >= 0.3 is 0 Å². The SMILES string of the molecule is CCc1nnsc1C(=O)Nc1cccc(S(=O)(=O)N2CCCCC2)c1. The molecule has 3 rings (SSSR count). The maximum atomic E-state index is 12.7. The fourth-order valence-corrected chi connectivity index (χ4v) is 5.00. The van der Waals surface area contributed by atoms with Crippen molar-refractivity contribution < 1.29 is 13.2 Å². The highest BCUT2D eigenvalue weighted by molar-refractivity contribution is 7.89. The summed E-state index contributed by atoms with van der Waals surface area (Å²) < 4.78 is 30.8. The number of aryl methyl sites for hydroxylation is 1. The van der Waals surface area contributed by atoms with Gasteiger partial charge in [0.05, 0.1) is 10.6 Å². The van der Waals surface area contributed by atoms with E-state index >= 15 is 0 Å². The summed E-state index contributed by atoms with van der Waals surface area (Å²) in [6.07, 6.45) is 3.44. The van der Waals surface area contributed by atoms with Crippen molar-refractivity contribution in [3.05, 3.63) is 34.8 Å². The van der Waals surface area contributed by atoms with Gasteiger partial charge in [0.15, 0.2) is 0 Å². The third-order valence-corrected chi connectivity index (χ3v) is 6.80. The number of sulfonamides is 1. The van der Waals surface area contributed by atoms with Gasteiger partial charge in [0, 0.05) is 18.8 Å². The second-order valence-corrected chi connectivity index (χ2v) is 8.54. The number of nitrogens with zero attached hydrogens (tertiary/aromatic N) is 3. The Morgan fingerprint density at radius 3 is 2.76 bits per heavy atom. The summed E-state index contributed by atoms with van der Waals surface area (Å²) in [5.74, 6) is -0.320. The highest BCUT2D eigenvalue weighted by Crippen LogP contribution is 2.23. The summed E-state index contributed by atoms with van der Waals surface area (Å²) in [4.78, 5) is 13.0. The highest BCUT2D eigenvalue weighted by Gasteiger charge is 2.26. The monoisotopic (exact) mass is 380 g/mol. The van der Waals surface area contributed by atoms with Gasteiger partial charge in [0.1, 0.15) is 4.88 Å². The lowest BCUT2D eigenvalue weighted by molar-refractivity contribution is 0.102. The van der Waals surface area contributed by atoms with Crippen LogP contribution in [-0.2, 0) is 16.4 Å². The number of nitrogens with one attached hydrogen (secondary N) is 1. The predicted molar refractivity (Wildman–Crippen MR) is 96.3 cm³/mol. The van der Waals surface area contributed by atoms with E-state index in [0.717, 1.165) is 30.8 Å². The summed E-state index contributed by atoms with van der Waals surface area (Å²) in [6.45, 7) is 3.00. The number of anilines is 1. The van der Waals surface area contributed by atoms with Crippen molar-refractivity contribution in [1.82, 2.24) is 13.9 Å². The molecule has 1 amide bonds. The molecule has 2 heterocycles. The van der Waals surface area contributed by atoms with Crippen LogP contribution in [0, 0.1) is 0 Å². The molecule has 2 aromatic rings. The van der Waals surface area contributed by atoms with Crippen molar-refractivity contribution in [2.45, 2.75) is 37.5 Å². The Labute approximate surface area is 151 Å². The molecular weight excluding hydrogens is 360 g/mol. The summed E-state index contributed by atoms with van der Waals surface area (Å²) in [7, 11) is -3.53. The van der Waals surface area contributed by atoms with E-state index in [2.05, 4.69) is 14.9 Å². The van der Waals surface area contributed by atoms with E-state index in [-0.39, 0.29) is 10.8 Å². The van der Waals surface area contributed by atoms with Crippen LogP contribution in [0.2, 0.25) is 0 Å². The molecular formula is C16H20N4O3S2. The van der Waals surface area contributed by atoms with Crippen LogP contribution in [0.25, 0.3) is 0 Å². The van der Waals surface area contributed by atoms with Crippen LogP contribution >= 0.6 is 11.5 Å². The van der Waals surface area contributed by atoms with Crippen LogP contribution in [0.4, 0.5) is 5.69 Å². The molecule has 134 valence electrons. The Morgan fingerprint density at radius 1 is 1.28 bits per heavy atom. The smallest absolute Gasteiger partial charge is 0.269 e.